The summed E-state index contributed by atoms with van der Waals surface area (Å²) in [5.74, 6) is 0. The standard InChI is InChI=1S/C9H22OSi/c1-4-8(10-6-3)7-9(11)5-2/h8-9H,4-7H2,1-3,11H3. The smallest absolute Gasteiger partial charge is 0.0572 e. The first-order valence-corrected chi connectivity index (χ1v) is 6.01. The zero-order valence-electron chi connectivity index (χ0n) is 8.39. The first kappa shape index (κ1) is 11.2. The van der Waals surface area contributed by atoms with Gasteiger partial charge in [-0.15, -0.1) is 0 Å². The van der Waals surface area contributed by atoms with Crippen LogP contribution in [0.15, 0.2) is 0 Å². The van der Waals surface area contributed by atoms with E-state index in [1.807, 2.05) is 0 Å². The highest BCUT2D eigenvalue weighted by Crippen LogP contribution is 2.17. The van der Waals surface area contributed by atoms with Crippen molar-refractivity contribution in [3.8, 4) is 0 Å². The Kier molecular flexibility index (Phi) is 6.97. The van der Waals surface area contributed by atoms with Gasteiger partial charge in [-0.2, -0.15) is 0 Å². The first-order chi connectivity index (χ1) is 5.24. The van der Waals surface area contributed by atoms with E-state index in [9.17, 15) is 0 Å². The molecular formula is C9H22OSi. The van der Waals surface area contributed by atoms with Crippen LogP contribution in [0.1, 0.15) is 40.0 Å². The average Bonchev–Trinajstić information content (AvgIpc) is 2.03. The van der Waals surface area contributed by atoms with E-state index in [4.69, 9.17) is 4.74 Å². The van der Waals surface area contributed by atoms with Crippen LogP contribution in [-0.4, -0.2) is 23.0 Å². The molecule has 0 aromatic heterocycles. The average molecular weight is 174 g/mol. The molecule has 2 heteroatoms. The van der Waals surface area contributed by atoms with Crippen molar-refractivity contribution >= 4 is 10.2 Å². The second-order valence-corrected chi connectivity index (χ2v) is 4.87. The highest BCUT2D eigenvalue weighted by atomic mass is 28.1. The Balaban J connectivity index is 3.49. The van der Waals surface area contributed by atoms with Crippen molar-refractivity contribution in [2.45, 2.75) is 51.7 Å². The van der Waals surface area contributed by atoms with Crippen LogP contribution in [0.2, 0.25) is 5.54 Å². The molecule has 0 saturated heterocycles. The number of hydrogen-bond acceptors (Lipinski definition) is 1. The van der Waals surface area contributed by atoms with Crippen molar-refractivity contribution in [1.29, 1.82) is 0 Å². The highest BCUT2D eigenvalue weighted by molar-refractivity contribution is 6.11. The maximum absolute atomic E-state index is 5.59. The Hall–Kier alpha value is 0.177. The summed E-state index contributed by atoms with van der Waals surface area (Å²) in [4.78, 5) is 0. The predicted molar refractivity (Wildman–Crippen MR) is 54.3 cm³/mol. The van der Waals surface area contributed by atoms with E-state index in [0.717, 1.165) is 12.1 Å². The van der Waals surface area contributed by atoms with Crippen LogP contribution in [0, 0.1) is 0 Å². The molecule has 0 aliphatic carbocycles. The molecule has 0 spiro atoms. The normalized spacial score (nSPS) is 16.6. The third-order valence-electron chi connectivity index (χ3n) is 2.22. The Bertz CT molecular complexity index is 85.6. The van der Waals surface area contributed by atoms with Gasteiger partial charge < -0.3 is 4.74 Å². The van der Waals surface area contributed by atoms with Crippen LogP contribution >= 0.6 is 0 Å². The largest absolute Gasteiger partial charge is 0.379 e. The quantitative estimate of drug-likeness (QED) is 0.558. The van der Waals surface area contributed by atoms with Crippen molar-refractivity contribution in [3.05, 3.63) is 0 Å². The van der Waals surface area contributed by atoms with Crippen molar-refractivity contribution < 1.29 is 4.74 Å². The monoisotopic (exact) mass is 174 g/mol. The summed E-state index contributed by atoms with van der Waals surface area (Å²) >= 11 is 0. The van der Waals surface area contributed by atoms with Crippen LogP contribution in [0.3, 0.4) is 0 Å². The first-order valence-electron chi connectivity index (χ1n) is 4.86. The molecule has 0 amide bonds. The molecule has 0 fully saturated rings. The minimum absolute atomic E-state index is 0.530. The van der Waals surface area contributed by atoms with E-state index in [1.165, 1.54) is 29.5 Å². The summed E-state index contributed by atoms with van der Waals surface area (Å²) in [6, 6.07) is 0. The molecule has 0 bridgehead atoms. The summed E-state index contributed by atoms with van der Waals surface area (Å²) in [5.41, 5.74) is 0.950. The van der Waals surface area contributed by atoms with E-state index in [0.29, 0.717) is 6.10 Å². The highest BCUT2D eigenvalue weighted by Gasteiger charge is 2.09. The van der Waals surface area contributed by atoms with Gasteiger partial charge in [0, 0.05) is 16.8 Å². The van der Waals surface area contributed by atoms with Crippen molar-refractivity contribution in [3.63, 3.8) is 0 Å². The molecule has 2 unspecified atom stereocenters. The predicted octanol–water partition coefficient (Wildman–Crippen LogP) is 1.76. The lowest BCUT2D eigenvalue weighted by molar-refractivity contribution is 0.0529. The Morgan fingerprint density at radius 1 is 1.18 bits per heavy atom. The fourth-order valence-electron chi connectivity index (χ4n) is 1.20. The Morgan fingerprint density at radius 3 is 2.18 bits per heavy atom. The molecule has 68 valence electrons. The summed E-state index contributed by atoms with van der Waals surface area (Å²) < 4.78 is 5.59. The number of rotatable bonds is 6. The van der Waals surface area contributed by atoms with Gasteiger partial charge in [-0.1, -0.05) is 25.8 Å². The minimum atomic E-state index is 0.530. The van der Waals surface area contributed by atoms with Crippen LogP contribution < -0.4 is 0 Å². The van der Waals surface area contributed by atoms with Gasteiger partial charge in [0.1, 0.15) is 0 Å². The van der Waals surface area contributed by atoms with Gasteiger partial charge in [-0.25, -0.2) is 0 Å². The lowest BCUT2D eigenvalue weighted by Crippen LogP contribution is -2.14. The SMILES string of the molecule is CCOC(CC)CC([SiH3])CC. The number of ether oxygens (including phenoxy) is 1. The van der Waals surface area contributed by atoms with Crippen LogP contribution in [0.5, 0.6) is 0 Å². The Morgan fingerprint density at radius 2 is 1.82 bits per heavy atom. The van der Waals surface area contributed by atoms with Gasteiger partial charge in [0.2, 0.25) is 0 Å². The summed E-state index contributed by atoms with van der Waals surface area (Å²) in [6.45, 7) is 7.44. The van der Waals surface area contributed by atoms with Gasteiger partial charge in [-0.05, 0) is 19.8 Å². The van der Waals surface area contributed by atoms with Gasteiger partial charge in [0.25, 0.3) is 0 Å². The molecule has 0 aromatic rings. The second-order valence-electron chi connectivity index (χ2n) is 3.23. The zero-order valence-corrected chi connectivity index (χ0v) is 10.4. The van der Waals surface area contributed by atoms with Crippen molar-refractivity contribution in [2.75, 3.05) is 6.61 Å². The molecule has 0 aliphatic heterocycles. The van der Waals surface area contributed by atoms with Crippen LogP contribution in [0.25, 0.3) is 0 Å². The molecule has 0 N–H and O–H groups in total. The van der Waals surface area contributed by atoms with Crippen LogP contribution in [-0.2, 0) is 4.74 Å². The molecule has 11 heavy (non-hydrogen) atoms. The maximum atomic E-state index is 5.59. The lowest BCUT2D eigenvalue weighted by Gasteiger charge is -2.18. The Labute approximate surface area is 73.9 Å². The lowest BCUT2D eigenvalue weighted by atomic mass is 10.1. The van der Waals surface area contributed by atoms with E-state index in [1.54, 1.807) is 0 Å². The topological polar surface area (TPSA) is 9.23 Å². The summed E-state index contributed by atoms with van der Waals surface area (Å²) in [7, 11) is 1.32. The van der Waals surface area contributed by atoms with Crippen molar-refractivity contribution in [1.82, 2.24) is 0 Å². The molecule has 2 atom stereocenters. The maximum Gasteiger partial charge on any atom is 0.0572 e. The third-order valence-corrected chi connectivity index (χ3v) is 3.51. The molecule has 0 radical (unpaired) electrons. The van der Waals surface area contributed by atoms with E-state index < -0.39 is 0 Å². The molecular weight excluding hydrogens is 152 g/mol. The van der Waals surface area contributed by atoms with Gasteiger partial charge in [0.05, 0.1) is 6.10 Å². The molecule has 0 saturated carbocycles. The van der Waals surface area contributed by atoms with E-state index >= 15 is 0 Å². The van der Waals surface area contributed by atoms with Gasteiger partial charge in [-0.3, -0.25) is 0 Å². The van der Waals surface area contributed by atoms with Crippen LogP contribution in [0.4, 0.5) is 0 Å². The fraction of sp³-hybridized carbons (Fsp3) is 1.00. The number of hydrogen-bond donors (Lipinski definition) is 0. The minimum Gasteiger partial charge on any atom is -0.379 e. The molecule has 0 aromatic carbocycles. The van der Waals surface area contributed by atoms with Crippen molar-refractivity contribution in [2.24, 2.45) is 0 Å². The second kappa shape index (κ2) is 6.86. The third kappa shape index (κ3) is 5.45. The summed E-state index contributed by atoms with van der Waals surface area (Å²) in [6.07, 6.45) is 4.32. The van der Waals surface area contributed by atoms with E-state index in [-0.39, 0.29) is 0 Å². The molecule has 0 rings (SSSR count). The van der Waals surface area contributed by atoms with Gasteiger partial charge in [0.15, 0.2) is 0 Å². The molecule has 0 heterocycles. The summed E-state index contributed by atoms with van der Waals surface area (Å²) in [5, 5.41) is 0. The van der Waals surface area contributed by atoms with E-state index in [2.05, 4.69) is 20.8 Å². The molecule has 0 aliphatic rings. The zero-order chi connectivity index (χ0) is 8.69. The fourth-order valence-corrected chi connectivity index (χ4v) is 1.73. The van der Waals surface area contributed by atoms with Gasteiger partial charge >= 0.3 is 0 Å². The molecule has 1 nitrogen and oxygen atoms in total.